The van der Waals surface area contributed by atoms with Crippen molar-refractivity contribution in [3.63, 3.8) is 0 Å². The van der Waals surface area contributed by atoms with Gasteiger partial charge in [-0.3, -0.25) is 0 Å². The van der Waals surface area contributed by atoms with Crippen LogP contribution in [0.3, 0.4) is 0 Å². The molecule has 0 heterocycles. The van der Waals surface area contributed by atoms with Gasteiger partial charge in [-0.1, -0.05) is 40.4 Å². The molecule has 29 heavy (non-hydrogen) atoms. The van der Waals surface area contributed by atoms with E-state index in [1.54, 1.807) is 13.3 Å². The summed E-state index contributed by atoms with van der Waals surface area (Å²) in [5, 5.41) is 0. The first-order valence-electron chi connectivity index (χ1n) is 12.5. The van der Waals surface area contributed by atoms with Crippen LogP contribution < -0.4 is 0 Å². The Labute approximate surface area is 197 Å². The molecular formula is C24H58OPSi2Sn. The van der Waals surface area contributed by atoms with Crippen molar-refractivity contribution in [2.45, 2.75) is 145 Å². The topological polar surface area (TPSA) is 9.23 Å². The van der Waals surface area contributed by atoms with Crippen LogP contribution in [0.15, 0.2) is 0 Å². The fraction of sp³-hybridized carbons (Fsp3) is 1.00. The zero-order valence-electron chi connectivity index (χ0n) is 22.6. The van der Waals surface area contributed by atoms with Crippen molar-refractivity contribution in [3.05, 3.63) is 0 Å². The van der Waals surface area contributed by atoms with E-state index in [0.717, 1.165) is 8.13 Å². The van der Waals surface area contributed by atoms with Gasteiger partial charge in [-0.15, -0.1) is 8.13 Å². The molecule has 0 amide bonds. The van der Waals surface area contributed by atoms with Gasteiger partial charge in [0.05, 0.1) is 13.6 Å². The Kier molecular flexibility index (Phi) is 19.4. The molecule has 1 radical (unpaired) electrons. The van der Waals surface area contributed by atoms with Crippen LogP contribution in [0.5, 0.6) is 0 Å². The molecule has 177 valence electrons. The molecular weight excluding hydrogens is 510 g/mol. The minimum atomic E-state index is -1.42. The minimum absolute atomic E-state index is 0.332. The molecule has 0 aliphatic carbocycles. The zero-order chi connectivity index (χ0) is 23.1. The average molecular weight is 569 g/mol. The Morgan fingerprint density at radius 3 is 1.38 bits per heavy atom. The van der Waals surface area contributed by atoms with E-state index in [1.165, 1.54) is 44.9 Å². The van der Waals surface area contributed by atoms with Crippen molar-refractivity contribution in [1.29, 1.82) is 0 Å². The van der Waals surface area contributed by atoms with Gasteiger partial charge in [-0.05, 0) is 31.5 Å². The molecule has 0 N–H and O–H groups in total. The van der Waals surface area contributed by atoms with Gasteiger partial charge in [0.2, 0.25) is 0 Å². The molecule has 0 aliphatic heterocycles. The maximum absolute atomic E-state index is 6.46. The summed E-state index contributed by atoms with van der Waals surface area (Å²) in [4.78, 5) is 0. The van der Waals surface area contributed by atoms with Gasteiger partial charge in [0.1, 0.15) is 0 Å². The molecule has 0 aromatic heterocycles. The van der Waals surface area contributed by atoms with E-state index in [1.807, 2.05) is 0 Å². The molecule has 0 fully saturated rings. The van der Waals surface area contributed by atoms with E-state index in [-0.39, 0.29) is 0 Å². The van der Waals surface area contributed by atoms with Crippen LogP contribution in [-0.4, -0.2) is 41.7 Å². The molecule has 1 nitrogen and oxygen atoms in total. The Morgan fingerprint density at radius 2 is 1.14 bits per heavy atom. The summed E-state index contributed by atoms with van der Waals surface area (Å²) in [6.45, 7) is 28.3. The first kappa shape index (κ1) is 32.8. The van der Waals surface area contributed by atoms with Crippen LogP contribution in [0.1, 0.15) is 86.5 Å². The van der Waals surface area contributed by atoms with Crippen molar-refractivity contribution in [2.75, 3.05) is 0 Å². The normalized spacial score (nSPS) is 14.4. The third-order valence-corrected chi connectivity index (χ3v) is 21.0. The van der Waals surface area contributed by atoms with E-state index >= 15 is 0 Å². The molecule has 0 aromatic rings. The van der Waals surface area contributed by atoms with Crippen molar-refractivity contribution >= 4 is 43.9 Å². The van der Waals surface area contributed by atoms with Gasteiger partial charge in [0.15, 0.2) is 8.32 Å². The van der Waals surface area contributed by atoms with Crippen LogP contribution >= 0.6 is 8.13 Å². The molecule has 0 bridgehead atoms. The van der Waals surface area contributed by atoms with Gasteiger partial charge >= 0.3 is 92.4 Å². The first-order valence-corrected chi connectivity index (χ1v) is 27.5. The monoisotopic (exact) mass is 569 g/mol. The Balaban J connectivity index is 0. The summed E-state index contributed by atoms with van der Waals surface area (Å²) in [7, 11) is -1.42. The van der Waals surface area contributed by atoms with Crippen molar-refractivity contribution in [3.8, 4) is 0 Å². The summed E-state index contributed by atoms with van der Waals surface area (Å²) in [6.07, 6.45) is 10.1. The van der Waals surface area contributed by atoms with Crippen LogP contribution in [0.2, 0.25) is 52.6 Å². The second-order valence-electron chi connectivity index (χ2n) is 11.4. The molecule has 0 rings (SSSR count). The second kappa shape index (κ2) is 17.1. The van der Waals surface area contributed by atoms with E-state index < -0.39 is 35.8 Å². The van der Waals surface area contributed by atoms with Crippen molar-refractivity contribution in [2.24, 2.45) is 5.41 Å². The van der Waals surface area contributed by atoms with E-state index in [9.17, 15) is 0 Å². The molecule has 2 atom stereocenters. The Bertz CT molecular complexity index is 343. The van der Waals surface area contributed by atoms with E-state index in [0.29, 0.717) is 11.3 Å². The maximum atomic E-state index is 6.46. The average Bonchev–Trinajstić information content (AvgIpc) is 2.58. The second-order valence-corrected chi connectivity index (χ2v) is 35.1. The summed E-state index contributed by atoms with van der Waals surface area (Å²) in [5.41, 5.74) is 0.332. The number of hydrogen-bond donors (Lipinski definition) is 0. The molecule has 5 heteroatoms. The first-order chi connectivity index (χ1) is 13.2. The van der Waals surface area contributed by atoms with Crippen LogP contribution in [-0.2, 0) is 4.43 Å². The van der Waals surface area contributed by atoms with E-state index in [4.69, 9.17) is 4.43 Å². The summed E-state index contributed by atoms with van der Waals surface area (Å²) < 4.78 is 11.5. The number of hydrogen-bond acceptors (Lipinski definition) is 1. The zero-order valence-corrected chi connectivity index (χ0v) is 28.4. The SMILES string of the molecule is CCC(C)(C)C(O[Si](C)(C)C)P[Si](C)(C)C.CCC[CH2][Sn]([CH2]CCC)[CH2]CCC. The predicted octanol–water partition coefficient (Wildman–Crippen LogP) is 10.00. The number of unbranched alkanes of at least 4 members (excludes halogenated alkanes) is 3. The third kappa shape index (κ3) is 21.2. The Hall–Kier alpha value is 1.62. The Morgan fingerprint density at radius 1 is 0.759 bits per heavy atom. The van der Waals surface area contributed by atoms with Gasteiger partial charge in [-0.2, -0.15) is 0 Å². The predicted molar refractivity (Wildman–Crippen MR) is 149 cm³/mol. The molecule has 0 spiro atoms. The third-order valence-electron chi connectivity index (χ3n) is 5.31. The molecule has 0 saturated carbocycles. The van der Waals surface area contributed by atoms with Gasteiger partial charge in [-0.25, -0.2) is 0 Å². The van der Waals surface area contributed by atoms with Gasteiger partial charge in [0, 0.05) is 0 Å². The summed E-state index contributed by atoms with van der Waals surface area (Å²) in [5.74, 6) is 0.482. The van der Waals surface area contributed by atoms with Crippen molar-refractivity contribution < 1.29 is 4.43 Å². The molecule has 0 aliphatic rings. The number of rotatable bonds is 15. The van der Waals surface area contributed by atoms with Crippen LogP contribution in [0, 0.1) is 5.41 Å². The molecule has 0 aromatic carbocycles. The molecule has 0 saturated heterocycles. The standard InChI is InChI=1S/C12H31OPSi2.3C4H9.Sn/c1-10-12(2,3)11(13-15(4,5)6)14-16(7,8)9;3*1-3-4-2;/h11,14H,10H2,1-9H3;3*1,3-4H2,2H3;. The summed E-state index contributed by atoms with van der Waals surface area (Å²) >= 11 is -0.839. The summed E-state index contributed by atoms with van der Waals surface area (Å²) in [6, 6.07) is 0. The molecule has 2 unspecified atom stereocenters. The quantitative estimate of drug-likeness (QED) is 0.141. The van der Waals surface area contributed by atoms with E-state index in [2.05, 4.69) is 80.8 Å². The van der Waals surface area contributed by atoms with Gasteiger partial charge in [0.25, 0.3) is 0 Å². The van der Waals surface area contributed by atoms with Crippen LogP contribution in [0.4, 0.5) is 0 Å². The fourth-order valence-corrected chi connectivity index (χ4v) is 20.2. The van der Waals surface area contributed by atoms with Crippen molar-refractivity contribution in [1.82, 2.24) is 0 Å². The fourth-order valence-electron chi connectivity index (χ4n) is 2.97. The van der Waals surface area contributed by atoms with Gasteiger partial charge < -0.3 is 4.43 Å². The van der Waals surface area contributed by atoms with Crippen LogP contribution in [0.25, 0.3) is 0 Å².